The average Bonchev–Trinajstić information content (AvgIpc) is 3.34. The molecule has 0 unspecified atom stereocenters. The average molecular weight is 421 g/mol. The van der Waals surface area contributed by atoms with Gasteiger partial charge in [0.2, 0.25) is 0 Å². The molecule has 0 aliphatic carbocycles. The van der Waals surface area contributed by atoms with Gasteiger partial charge in [-0.15, -0.1) is 0 Å². The molecule has 30 heavy (non-hydrogen) atoms. The molecule has 1 aromatic heterocycles. The number of amides is 2. The molecule has 154 valence electrons. The molecule has 0 saturated heterocycles. The quantitative estimate of drug-likeness (QED) is 0.472. The maximum Gasteiger partial charge on any atom is 0.314 e. The van der Waals surface area contributed by atoms with Crippen molar-refractivity contribution >= 4 is 29.4 Å². The second kappa shape index (κ2) is 9.17. The van der Waals surface area contributed by atoms with Crippen LogP contribution in [-0.2, 0) is 27.5 Å². The van der Waals surface area contributed by atoms with Gasteiger partial charge in [-0.25, -0.2) is 4.68 Å². The molecule has 6 nitrogen and oxygen atoms in total. The fourth-order valence-corrected chi connectivity index (χ4v) is 4.51. The summed E-state index contributed by atoms with van der Waals surface area (Å²) in [5.41, 5.74) is 5.14. The molecule has 1 aliphatic rings. The zero-order valence-corrected chi connectivity index (χ0v) is 17.7. The Hall–Kier alpha value is -3.06. The highest BCUT2D eigenvalue weighted by molar-refractivity contribution is 7.98. The summed E-state index contributed by atoms with van der Waals surface area (Å²) in [5.74, 6) is 0.880. The van der Waals surface area contributed by atoms with Gasteiger partial charge in [-0.3, -0.25) is 9.59 Å². The molecule has 3 aromatic rings. The van der Waals surface area contributed by atoms with Gasteiger partial charge >= 0.3 is 11.8 Å². The van der Waals surface area contributed by atoms with E-state index in [1.165, 1.54) is 5.56 Å². The third-order valence-corrected chi connectivity index (χ3v) is 5.98. The van der Waals surface area contributed by atoms with E-state index < -0.39 is 11.8 Å². The van der Waals surface area contributed by atoms with Gasteiger partial charge in [0.1, 0.15) is 5.82 Å². The molecule has 2 aromatic carbocycles. The maximum absolute atomic E-state index is 12.6. The summed E-state index contributed by atoms with van der Waals surface area (Å²) < 4.78 is 1.73. The number of aryl methyl sites for hydroxylation is 2. The third kappa shape index (κ3) is 4.57. The summed E-state index contributed by atoms with van der Waals surface area (Å²) >= 11 is 1.75. The highest BCUT2D eigenvalue weighted by atomic mass is 32.2. The Bertz CT molecular complexity index is 1060. The molecule has 2 amide bonds. The molecule has 2 heterocycles. The lowest BCUT2D eigenvalue weighted by atomic mass is 10.1. The van der Waals surface area contributed by atoms with Crippen molar-refractivity contribution in [3.63, 3.8) is 0 Å². The highest BCUT2D eigenvalue weighted by Crippen LogP contribution is 2.36. The van der Waals surface area contributed by atoms with Crippen LogP contribution >= 0.6 is 11.8 Å². The van der Waals surface area contributed by atoms with Crippen molar-refractivity contribution in [3.8, 4) is 5.69 Å². The number of hydrogen-bond acceptors (Lipinski definition) is 4. The zero-order chi connectivity index (χ0) is 20.9. The molecule has 2 N–H and O–H groups in total. The van der Waals surface area contributed by atoms with E-state index in [1.807, 2.05) is 49.4 Å². The molecule has 0 bridgehead atoms. The summed E-state index contributed by atoms with van der Waals surface area (Å²) in [7, 11) is 0. The van der Waals surface area contributed by atoms with Crippen LogP contribution in [0.5, 0.6) is 0 Å². The molecular weight excluding hydrogens is 396 g/mol. The Morgan fingerprint density at radius 3 is 2.70 bits per heavy atom. The second-order valence-corrected chi connectivity index (χ2v) is 8.30. The van der Waals surface area contributed by atoms with Crippen LogP contribution in [-0.4, -0.2) is 28.1 Å². The van der Waals surface area contributed by atoms with Gasteiger partial charge in [-0.2, -0.15) is 16.9 Å². The summed E-state index contributed by atoms with van der Waals surface area (Å²) in [6.45, 7) is 2.46. The number of anilines is 1. The topological polar surface area (TPSA) is 76.0 Å². The maximum atomic E-state index is 12.6. The summed E-state index contributed by atoms with van der Waals surface area (Å²) in [4.78, 5) is 24.9. The van der Waals surface area contributed by atoms with Crippen molar-refractivity contribution in [1.29, 1.82) is 0 Å². The first-order chi connectivity index (χ1) is 14.6. The number of hydrogen-bond donors (Lipinski definition) is 2. The summed E-state index contributed by atoms with van der Waals surface area (Å²) in [6.07, 6.45) is 1.63. The standard InChI is InChI=1S/C23H24N4O2S/c1-16-7-5-11-18(13-16)27-21(19-14-30-15-20(19)26-27)25-23(29)22(28)24-12-6-10-17-8-3-2-4-9-17/h2-5,7-9,11,13H,6,10,12,14-15H2,1H3,(H,24,28)(H,25,29). The Kier molecular flexibility index (Phi) is 6.18. The van der Waals surface area contributed by atoms with Crippen LogP contribution in [0.15, 0.2) is 54.6 Å². The number of nitrogens with zero attached hydrogens (tertiary/aromatic N) is 2. The number of carbonyl (C=O) groups is 2. The minimum Gasteiger partial charge on any atom is -0.348 e. The van der Waals surface area contributed by atoms with Gasteiger partial charge in [0.25, 0.3) is 0 Å². The molecule has 1 aliphatic heterocycles. The van der Waals surface area contributed by atoms with E-state index in [1.54, 1.807) is 16.4 Å². The van der Waals surface area contributed by atoms with Gasteiger partial charge in [-0.05, 0) is 43.0 Å². The molecule has 0 fully saturated rings. The van der Waals surface area contributed by atoms with Crippen LogP contribution < -0.4 is 10.6 Å². The van der Waals surface area contributed by atoms with E-state index in [4.69, 9.17) is 0 Å². The number of rotatable bonds is 6. The molecule has 4 rings (SSSR count). The van der Waals surface area contributed by atoms with Gasteiger partial charge in [0.15, 0.2) is 0 Å². The van der Waals surface area contributed by atoms with Crippen molar-refractivity contribution in [2.75, 3.05) is 11.9 Å². The lowest BCUT2D eigenvalue weighted by Crippen LogP contribution is -2.36. The van der Waals surface area contributed by atoms with Crippen molar-refractivity contribution < 1.29 is 9.59 Å². The molecular formula is C23H24N4O2S. The van der Waals surface area contributed by atoms with Gasteiger partial charge in [0, 0.05) is 23.6 Å². The first-order valence-corrected chi connectivity index (χ1v) is 11.2. The monoisotopic (exact) mass is 420 g/mol. The molecule has 7 heteroatoms. The Morgan fingerprint density at radius 1 is 1.07 bits per heavy atom. The Balaban J connectivity index is 1.41. The van der Waals surface area contributed by atoms with E-state index in [9.17, 15) is 9.59 Å². The first kappa shape index (κ1) is 20.2. The van der Waals surface area contributed by atoms with E-state index in [-0.39, 0.29) is 0 Å². The normalized spacial score (nSPS) is 12.4. The highest BCUT2D eigenvalue weighted by Gasteiger charge is 2.26. The number of fused-ring (bicyclic) bond motifs is 1. The van der Waals surface area contributed by atoms with E-state index in [0.717, 1.165) is 46.9 Å². The van der Waals surface area contributed by atoms with Crippen LogP contribution in [0.1, 0.15) is 28.8 Å². The van der Waals surface area contributed by atoms with E-state index in [2.05, 4.69) is 27.9 Å². The Labute approximate surface area is 180 Å². The summed E-state index contributed by atoms with van der Waals surface area (Å²) in [5, 5.41) is 10.2. The van der Waals surface area contributed by atoms with Crippen LogP contribution in [0.4, 0.5) is 5.82 Å². The van der Waals surface area contributed by atoms with Crippen LogP contribution in [0.3, 0.4) is 0 Å². The number of nitrogens with one attached hydrogen (secondary N) is 2. The zero-order valence-electron chi connectivity index (χ0n) is 16.9. The molecule has 0 spiro atoms. The predicted molar refractivity (Wildman–Crippen MR) is 120 cm³/mol. The smallest absolute Gasteiger partial charge is 0.314 e. The fraction of sp³-hybridized carbons (Fsp3) is 0.261. The van der Waals surface area contributed by atoms with Crippen LogP contribution in [0.2, 0.25) is 0 Å². The van der Waals surface area contributed by atoms with Crippen LogP contribution in [0.25, 0.3) is 5.69 Å². The number of benzene rings is 2. The van der Waals surface area contributed by atoms with E-state index in [0.29, 0.717) is 12.4 Å². The fourth-order valence-electron chi connectivity index (χ4n) is 3.47. The van der Waals surface area contributed by atoms with Crippen molar-refractivity contribution in [3.05, 3.63) is 77.0 Å². The van der Waals surface area contributed by atoms with Crippen molar-refractivity contribution in [1.82, 2.24) is 15.1 Å². The SMILES string of the molecule is Cc1cccc(-n2nc3c(c2NC(=O)C(=O)NCCCc2ccccc2)CSC3)c1. The first-order valence-electron chi connectivity index (χ1n) is 10.0. The Morgan fingerprint density at radius 2 is 1.90 bits per heavy atom. The largest absolute Gasteiger partial charge is 0.348 e. The molecule has 0 saturated carbocycles. The summed E-state index contributed by atoms with van der Waals surface area (Å²) in [6, 6.07) is 18.0. The van der Waals surface area contributed by atoms with Crippen LogP contribution in [0, 0.1) is 6.92 Å². The van der Waals surface area contributed by atoms with Crippen molar-refractivity contribution in [2.45, 2.75) is 31.3 Å². The number of thioether (sulfide) groups is 1. The lowest BCUT2D eigenvalue weighted by Gasteiger charge is -2.11. The lowest BCUT2D eigenvalue weighted by molar-refractivity contribution is -0.136. The predicted octanol–water partition coefficient (Wildman–Crippen LogP) is 3.62. The number of aromatic nitrogens is 2. The second-order valence-electron chi connectivity index (χ2n) is 7.32. The van der Waals surface area contributed by atoms with Crippen molar-refractivity contribution in [2.24, 2.45) is 0 Å². The van der Waals surface area contributed by atoms with Gasteiger partial charge in [-0.1, -0.05) is 42.5 Å². The van der Waals surface area contributed by atoms with Gasteiger partial charge in [0.05, 0.1) is 11.4 Å². The minimum atomic E-state index is -0.664. The third-order valence-electron chi connectivity index (χ3n) is 5.01. The minimum absolute atomic E-state index is 0.451. The molecule has 0 radical (unpaired) electrons. The molecule has 0 atom stereocenters. The van der Waals surface area contributed by atoms with E-state index >= 15 is 0 Å². The number of carbonyl (C=O) groups excluding carboxylic acids is 2. The van der Waals surface area contributed by atoms with Gasteiger partial charge < -0.3 is 10.6 Å².